The van der Waals surface area contributed by atoms with Gasteiger partial charge in [-0.15, -0.1) is 0 Å². The number of hydrogen-bond acceptors (Lipinski definition) is 6. The van der Waals surface area contributed by atoms with E-state index in [0.717, 1.165) is 10.1 Å². The summed E-state index contributed by atoms with van der Waals surface area (Å²) in [5.74, 6) is -0.476. The maximum Gasteiger partial charge on any atom is 0.337 e. The first-order chi connectivity index (χ1) is 15.8. The van der Waals surface area contributed by atoms with Crippen molar-refractivity contribution in [1.29, 1.82) is 0 Å². The molecule has 2 aromatic carbocycles. The van der Waals surface area contributed by atoms with Gasteiger partial charge in [0.1, 0.15) is 18.2 Å². The predicted octanol–water partition coefficient (Wildman–Crippen LogP) is 2.67. The predicted molar refractivity (Wildman–Crippen MR) is 124 cm³/mol. The zero-order valence-corrected chi connectivity index (χ0v) is 18.9. The van der Waals surface area contributed by atoms with Crippen LogP contribution in [0.3, 0.4) is 0 Å². The van der Waals surface area contributed by atoms with Gasteiger partial charge in [-0.1, -0.05) is 48.5 Å². The fourth-order valence-corrected chi connectivity index (χ4v) is 4.18. The van der Waals surface area contributed by atoms with Crippen molar-refractivity contribution >= 4 is 11.8 Å². The molecule has 8 heteroatoms. The van der Waals surface area contributed by atoms with E-state index in [2.05, 4.69) is 5.32 Å². The Morgan fingerprint density at radius 3 is 2.36 bits per heavy atom. The van der Waals surface area contributed by atoms with E-state index in [1.807, 2.05) is 42.5 Å². The molecule has 0 bridgehead atoms. The molecule has 1 aromatic heterocycles. The van der Waals surface area contributed by atoms with Crippen LogP contribution in [0.15, 0.2) is 75.5 Å². The number of allylic oxidation sites excluding steroid dienone is 1. The maximum atomic E-state index is 13.4. The monoisotopic (exact) mass is 447 g/mol. The highest BCUT2D eigenvalue weighted by molar-refractivity contribution is 5.94. The third kappa shape index (κ3) is 3.84. The molecule has 2 heterocycles. The number of aromatic nitrogens is 2. The van der Waals surface area contributed by atoms with E-state index in [-0.39, 0.29) is 12.2 Å². The lowest BCUT2D eigenvalue weighted by atomic mass is 9.81. The van der Waals surface area contributed by atoms with Gasteiger partial charge in [-0.3, -0.25) is 13.9 Å². The van der Waals surface area contributed by atoms with E-state index >= 15 is 0 Å². The molecule has 8 nitrogen and oxygen atoms in total. The first-order valence-corrected chi connectivity index (χ1v) is 10.5. The summed E-state index contributed by atoms with van der Waals surface area (Å²) in [5.41, 5.74) is 1.59. The van der Waals surface area contributed by atoms with Crippen molar-refractivity contribution in [3.63, 3.8) is 0 Å². The number of hydrogen-bond donors (Lipinski definition) is 1. The molecule has 1 atom stereocenters. The average Bonchev–Trinajstić information content (AvgIpc) is 2.84. The Balaban J connectivity index is 1.90. The largest absolute Gasteiger partial charge is 0.496 e. The van der Waals surface area contributed by atoms with E-state index in [0.29, 0.717) is 28.4 Å². The second kappa shape index (κ2) is 8.82. The van der Waals surface area contributed by atoms with Crippen LogP contribution in [0.1, 0.15) is 29.5 Å². The molecule has 1 N–H and O–H groups in total. The average molecular weight is 447 g/mol. The number of fused-ring (bicyclic) bond motifs is 1. The summed E-state index contributed by atoms with van der Waals surface area (Å²) in [7, 11) is 4.53. The number of carbonyl (C=O) groups is 1. The van der Waals surface area contributed by atoms with E-state index in [9.17, 15) is 14.4 Å². The Morgan fingerprint density at radius 2 is 1.67 bits per heavy atom. The number of ether oxygens (including phenoxy) is 2. The minimum atomic E-state index is -0.786. The molecule has 0 radical (unpaired) electrons. The van der Waals surface area contributed by atoms with Crippen LogP contribution in [-0.2, 0) is 30.2 Å². The molecule has 33 heavy (non-hydrogen) atoms. The van der Waals surface area contributed by atoms with E-state index in [4.69, 9.17) is 9.47 Å². The van der Waals surface area contributed by atoms with Gasteiger partial charge in [0.05, 0.1) is 24.2 Å². The number of nitrogens with one attached hydrogen (secondary N) is 1. The molecule has 3 aromatic rings. The maximum absolute atomic E-state index is 13.4. The van der Waals surface area contributed by atoms with Crippen molar-refractivity contribution in [1.82, 2.24) is 9.13 Å². The summed E-state index contributed by atoms with van der Waals surface area (Å²) in [5, 5.41) is 3.09. The van der Waals surface area contributed by atoms with Crippen LogP contribution in [0.5, 0.6) is 5.75 Å². The van der Waals surface area contributed by atoms with Crippen molar-refractivity contribution in [2.75, 3.05) is 12.4 Å². The van der Waals surface area contributed by atoms with Crippen LogP contribution in [0.25, 0.3) is 0 Å². The molecular weight excluding hydrogens is 422 g/mol. The van der Waals surface area contributed by atoms with Gasteiger partial charge in [0.15, 0.2) is 0 Å². The molecule has 0 spiro atoms. The lowest BCUT2D eigenvalue weighted by Crippen LogP contribution is -2.43. The van der Waals surface area contributed by atoms with Gasteiger partial charge >= 0.3 is 11.7 Å². The highest BCUT2D eigenvalue weighted by atomic mass is 16.5. The van der Waals surface area contributed by atoms with Gasteiger partial charge in [0.2, 0.25) is 0 Å². The fraction of sp³-hybridized carbons (Fsp3) is 0.240. The summed E-state index contributed by atoms with van der Waals surface area (Å²) >= 11 is 0. The summed E-state index contributed by atoms with van der Waals surface area (Å²) in [4.78, 5) is 39.3. The SMILES string of the molecule is COc1ccccc1[C@H]1C(C(=O)OCc2ccccc2)=C(C)Nc2c1c(=O)n(C)c(=O)n2C. The quantitative estimate of drug-likeness (QED) is 0.605. The number of methoxy groups -OCH3 is 1. The zero-order valence-electron chi connectivity index (χ0n) is 18.9. The van der Waals surface area contributed by atoms with Crippen molar-refractivity contribution in [2.45, 2.75) is 19.4 Å². The molecule has 0 saturated heterocycles. The Morgan fingerprint density at radius 1 is 1.00 bits per heavy atom. The summed E-state index contributed by atoms with van der Waals surface area (Å²) in [6.07, 6.45) is 0. The standard InChI is InChI=1S/C25H25N3O5/c1-15-19(24(30)33-14-16-10-6-5-7-11-16)20(17-12-8-9-13-18(17)32-4)21-22(26-15)27(2)25(31)28(3)23(21)29/h5-13,20,26H,14H2,1-4H3/t20-/m0/s1. The van der Waals surface area contributed by atoms with Gasteiger partial charge in [-0.05, 0) is 18.6 Å². The van der Waals surface area contributed by atoms with E-state index in [1.165, 1.54) is 18.7 Å². The number of esters is 1. The molecule has 4 rings (SSSR count). The fourth-order valence-electron chi connectivity index (χ4n) is 4.18. The van der Waals surface area contributed by atoms with Gasteiger partial charge in [-0.2, -0.15) is 0 Å². The van der Waals surface area contributed by atoms with Crippen molar-refractivity contribution in [2.24, 2.45) is 14.1 Å². The normalized spacial score (nSPS) is 15.0. The van der Waals surface area contributed by atoms with Gasteiger partial charge < -0.3 is 14.8 Å². The summed E-state index contributed by atoms with van der Waals surface area (Å²) in [6.45, 7) is 1.82. The first-order valence-electron chi connectivity index (χ1n) is 10.5. The van der Waals surface area contributed by atoms with Crippen LogP contribution < -0.4 is 21.3 Å². The third-order valence-corrected chi connectivity index (χ3v) is 5.87. The molecule has 0 saturated carbocycles. The molecule has 1 aliphatic rings. The van der Waals surface area contributed by atoms with Gasteiger partial charge in [-0.25, -0.2) is 9.59 Å². The van der Waals surface area contributed by atoms with Gasteiger partial charge in [0.25, 0.3) is 5.56 Å². The summed E-state index contributed by atoms with van der Waals surface area (Å²) in [6, 6.07) is 16.6. The molecule has 0 amide bonds. The minimum Gasteiger partial charge on any atom is -0.496 e. The highest BCUT2D eigenvalue weighted by Crippen LogP contribution is 2.43. The zero-order chi connectivity index (χ0) is 23.7. The Bertz CT molecular complexity index is 1370. The molecule has 0 fully saturated rings. The number of anilines is 1. The van der Waals surface area contributed by atoms with E-state index in [1.54, 1.807) is 26.1 Å². The van der Waals surface area contributed by atoms with E-state index < -0.39 is 23.1 Å². The van der Waals surface area contributed by atoms with Crippen LogP contribution >= 0.6 is 0 Å². The Kier molecular flexibility index (Phi) is 5.91. The van der Waals surface area contributed by atoms with Crippen molar-refractivity contribution < 1.29 is 14.3 Å². The van der Waals surface area contributed by atoms with Crippen molar-refractivity contribution in [3.05, 3.63) is 103 Å². The first kappa shape index (κ1) is 22.1. The number of rotatable bonds is 5. The smallest absolute Gasteiger partial charge is 0.337 e. The second-order valence-electron chi connectivity index (χ2n) is 7.87. The topological polar surface area (TPSA) is 91.6 Å². The number of carbonyl (C=O) groups excluding carboxylic acids is 1. The molecule has 170 valence electrons. The lowest BCUT2D eigenvalue weighted by Gasteiger charge is -2.31. The third-order valence-electron chi connectivity index (χ3n) is 5.87. The second-order valence-corrected chi connectivity index (χ2v) is 7.87. The summed E-state index contributed by atoms with van der Waals surface area (Å²) < 4.78 is 13.6. The molecule has 0 aliphatic carbocycles. The number of para-hydroxylation sites is 1. The van der Waals surface area contributed by atoms with Crippen LogP contribution in [-0.4, -0.2) is 22.2 Å². The van der Waals surface area contributed by atoms with Crippen LogP contribution in [0.4, 0.5) is 5.82 Å². The number of nitrogens with zero attached hydrogens (tertiary/aromatic N) is 2. The molecular formula is C25H25N3O5. The Labute approximate surface area is 190 Å². The van der Waals surface area contributed by atoms with Gasteiger partial charge in [0, 0.05) is 25.4 Å². The minimum absolute atomic E-state index is 0.0905. The highest BCUT2D eigenvalue weighted by Gasteiger charge is 2.38. The van der Waals surface area contributed by atoms with Crippen molar-refractivity contribution in [3.8, 4) is 5.75 Å². The molecule has 1 aliphatic heterocycles. The lowest BCUT2D eigenvalue weighted by molar-refractivity contribution is -0.140. The Hall–Kier alpha value is -4.07. The van der Waals surface area contributed by atoms with Crippen LogP contribution in [0.2, 0.25) is 0 Å². The van der Waals surface area contributed by atoms with Crippen LogP contribution in [0, 0.1) is 0 Å². The molecule has 0 unspecified atom stereocenters. The number of benzene rings is 2.